The molecule has 0 bridgehead atoms. The van der Waals surface area contributed by atoms with Gasteiger partial charge in [0.15, 0.2) is 0 Å². The predicted molar refractivity (Wildman–Crippen MR) is 83.9 cm³/mol. The third-order valence-corrected chi connectivity index (χ3v) is 4.17. The van der Waals surface area contributed by atoms with Gasteiger partial charge in [-0.25, -0.2) is 0 Å². The summed E-state index contributed by atoms with van der Waals surface area (Å²) in [6, 6.07) is 8.22. The van der Waals surface area contributed by atoms with Gasteiger partial charge >= 0.3 is 0 Å². The van der Waals surface area contributed by atoms with Crippen LogP contribution in [0.3, 0.4) is 0 Å². The second-order valence-corrected chi connectivity index (χ2v) is 5.79. The van der Waals surface area contributed by atoms with Crippen LogP contribution in [-0.4, -0.2) is 36.6 Å². The first-order valence-electron chi connectivity index (χ1n) is 7.72. The lowest BCUT2D eigenvalue weighted by Crippen LogP contribution is -2.42. The number of amides is 1. The average Bonchev–Trinajstić information content (AvgIpc) is 2.75. The van der Waals surface area contributed by atoms with Crippen LogP contribution in [0.1, 0.15) is 44.0 Å². The van der Waals surface area contributed by atoms with Crippen LogP contribution in [0, 0.1) is 6.92 Å². The number of ether oxygens (including phenoxy) is 1. The predicted octanol–water partition coefficient (Wildman–Crippen LogP) is 2.63. The van der Waals surface area contributed by atoms with Gasteiger partial charge in [-0.1, -0.05) is 37.6 Å². The lowest BCUT2D eigenvalue weighted by Gasteiger charge is -2.33. The Bertz CT molecular complexity index is 483. The minimum absolute atomic E-state index is 0.0552. The molecule has 0 aliphatic carbocycles. The summed E-state index contributed by atoms with van der Waals surface area (Å²) >= 11 is 0. The topological polar surface area (TPSA) is 41.6 Å². The zero-order chi connectivity index (χ0) is 15.4. The fourth-order valence-electron chi connectivity index (χ4n) is 3.09. The highest BCUT2D eigenvalue weighted by molar-refractivity contribution is 5.84. The molecule has 1 N–H and O–H groups in total. The van der Waals surface area contributed by atoms with Crippen LogP contribution in [-0.2, 0) is 9.53 Å². The largest absolute Gasteiger partial charge is 0.383 e. The van der Waals surface area contributed by atoms with Gasteiger partial charge in [0.05, 0.1) is 18.7 Å². The average molecular weight is 290 g/mol. The number of rotatable bonds is 6. The third kappa shape index (κ3) is 3.27. The molecule has 1 aromatic carbocycles. The van der Waals surface area contributed by atoms with Crippen molar-refractivity contribution in [3.8, 4) is 0 Å². The molecule has 1 aromatic rings. The Labute approximate surface area is 127 Å². The summed E-state index contributed by atoms with van der Waals surface area (Å²) in [5.41, 5.74) is 2.38. The van der Waals surface area contributed by atoms with Crippen LogP contribution >= 0.6 is 0 Å². The molecule has 3 atom stereocenters. The molecule has 1 saturated heterocycles. The van der Waals surface area contributed by atoms with Gasteiger partial charge in [0.1, 0.15) is 6.17 Å². The van der Waals surface area contributed by atoms with E-state index in [1.165, 1.54) is 11.1 Å². The third-order valence-electron chi connectivity index (χ3n) is 4.17. The van der Waals surface area contributed by atoms with Crippen LogP contribution in [0.15, 0.2) is 24.3 Å². The zero-order valence-corrected chi connectivity index (χ0v) is 13.4. The Morgan fingerprint density at radius 3 is 2.71 bits per heavy atom. The quantitative estimate of drug-likeness (QED) is 0.875. The van der Waals surface area contributed by atoms with Crippen LogP contribution in [0.5, 0.6) is 0 Å². The van der Waals surface area contributed by atoms with Crippen molar-refractivity contribution in [2.45, 2.75) is 51.9 Å². The minimum Gasteiger partial charge on any atom is -0.383 e. The number of carbonyl (C=O) groups excluding carboxylic acids is 1. The van der Waals surface area contributed by atoms with E-state index in [0.717, 1.165) is 12.8 Å². The molecule has 0 spiro atoms. The molecule has 0 saturated carbocycles. The van der Waals surface area contributed by atoms with Crippen molar-refractivity contribution in [2.75, 3.05) is 13.7 Å². The maximum absolute atomic E-state index is 12.6. The molecule has 2 rings (SSSR count). The smallest absolute Gasteiger partial charge is 0.241 e. The number of aryl methyl sites for hydroxylation is 1. The van der Waals surface area contributed by atoms with E-state index in [1.807, 2.05) is 24.0 Å². The summed E-state index contributed by atoms with van der Waals surface area (Å²) in [4.78, 5) is 14.6. The van der Waals surface area contributed by atoms with Gasteiger partial charge < -0.3 is 9.64 Å². The van der Waals surface area contributed by atoms with E-state index in [0.29, 0.717) is 6.61 Å². The van der Waals surface area contributed by atoms with Crippen LogP contribution < -0.4 is 5.32 Å². The molecular formula is C17H26N2O2. The summed E-state index contributed by atoms with van der Waals surface area (Å²) < 4.78 is 5.35. The van der Waals surface area contributed by atoms with Gasteiger partial charge in [-0.2, -0.15) is 0 Å². The van der Waals surface area contributed by atoms with E-state index in [9.17, 15) is 4.79 Å². The zero-order valence-electron chi connectivity index (χ0n) is 13.4. The first-order valence-corrected chi connectivity index (χ1v) is 7.72. The summed E-state index contributed by atoms with van der Waals surface area (Å²) in [7, 11) is 1.70. The molecule has 3 unspecified atom stereocenters. The van der Waals surface area contributed by atoms with Gasteiger partial charge in [-0.05, 0) is 31.4 Å². The van der Waals surface area contributed by atoms with Crippen molar-refractivity contribution in [2.24, 2.45) is 0 Å². The Balaban J connectivity index is 2.34. The second kappa shape index (κ2) is 7.05. The normalized spacial score (nSPS) is 23.6. The molecule has 1 aliphatic rings. The molecule has 1 amide bonds. The summed E-state index contributed by atoms with van der Waals surface area (Å²) in [6.07, 6.45) is 1.93. The maximum Gasteiger partial charge on any atom is 0.241 e. The van der Waals surface area contributed by atoms with Gasteiger partial charge in [-0.3, -0.25) is 10.1 Å². The number of carbonyl (C=O) groups is 1. The van der Waals surface area contributed by atoms with E-state index in [2.05, 4.69) is 31.3 Å². The van der Waals surface area contributed by atoms with Crippen LogP contribution in [0.25, 0.3) is 0 Å². The lowest BCUT2D eigenvalue weighted by atomic mass is 10.0. The first kappa shape index (κ1) is 16.0. The number of methoxy groups -OCH3 is 1. The fraction of sp³-hybridized carbons (Fsp3) is 0.588. The molecule has 21 heavy (non-hydrogen) atoms. The highest BCUT2D eigenvalue weighted by Gasteiger charge is 2.41. The van der Waals surface area contributed by atoms with Crippen molar-refractivity contribution in [3.63, 3.8) is 0 Å². The van der Waals surface area contributed by atoms with Crippen molar-refractivity contribution in [3.05, 3.63) is 35.4 Å². The Morgan fingerprint density at radius 1 is 1.38 bits per heavy atom. The minimum atomic E-state index is -0.147. The molecule has 4 heteroatoms. The highest BCUT2D eigenvalue weighted by Crippen LogP contribution is 2.30. The molecule has 4 nitrogen and oxygen atoms in total. The van der Waals surface area contributed by atoms with Crippen LogP contribution in [0.2, 0.25) is 0 Å². The molecule has 0 aromatic heterocycles. The summed E-state index contributed by atoms with van der Waals surface area (Å²) in [5.74, 6) is 0.166. The Morgan fingerprint density at radius 2 is 2.10 bits per heavy atom. The van der Waals surface area contributed by atoms with Crippen molar-refractivity contribution in [1.82, 2.24) is 10.2 Å². The van der Waals surface area contributed by atoms with Gasteiger partial charge in [0.25, 0.3) is 0 Å². The van der Waals surface area contributed by atoms with Gasteiger partial charge in [0, 0.05) is 7.11 Å². The molecule has 116 valence electrons. The maximum atomic E-state index is 12.6. The SMILES string of the molecule is CCCC(COC)N1C(=O)C(C)NC1c1ccccc1C. The highest BCUT2D eigenvalue weighted by atomic mass is 16.5. The molecule has 1 aliphatic heterocycles. The second-order valence-electron chi connectivity index (χ2n) is 5.79. The molecule has 1 fully saturated rings. The van der Waals surface area contributed by atoms with Gasteiger partial charge in [0.2, 0.25) is 5.91 Å². The first-order chi connectivity index (χ1) is 10.1. The number of nitrogens with one attached hydrogen (secondary N) is 1. The van der Waals surface area contributed by atoms with Crippen molar-refractivity contribution in [1.29, 1.82) is 0 Å². The van der Waals surface area contributed by atoms with E-state index < -0.39 is 0 Å². The number of hydrogen-bond donors (Lipinski definition) is 1. The van der Waals surface area contributed by atoms with Gasteiger partial charge in [-0.15, -0.1) is 0 Å². The Kier molecular flexibility index (Phi) is 5.37. The number of hydrogen-bond acceptors (Lipinski definition) is 3. The Hall–Kier alpha value is -1.39. The standard InChI is InChI=1S/C17H26N2O2/c1-5-8-14(11-21-4)19-16(18-13(3)17(19)20)15-10-7-6-9-12(15)2/h6-7,9-10,13-14,16,18H,5,8,11H2,1-4H3. The lowest BCUT2D eigenvalue weighted by molar-refractivity contribution is -0.133. The summed E-state index contributed by atoms with van der Waals surface area (Å²) in [5, 5.41) is 3.43. The van der Waals surface area contributed by atoms with E-state index >= 15 is 0 Å². The number of nitrogens with zero attached hydrogens (tertiary/aromatic N) is 1. The monoisotopic (exact) mass is 290 g/mol. The van der Waals surface area contributed by atoms with E-state index in [1.54, 1.807) is 7.11 Å². The molecular weight excluding hydrogens is 264 g/mol. The fourth-order valence-corrected chi connectivity index (χ4v) is 3.09. The van der Waals surface area contributed by atoms with Crippen molar-refractivity contribution < 1.29 is 9.53 Å². The van der Waals surface area contributed by atoms with E-state index in [4.69, 9.17) is 4.74 Å². The number of benzene rings is 1. The van der Waals surface area contributed by atoms with E-state index in [-0.39, 0.29) is 24.2 Å². The van der Waals surface area contributed by atoms with Crippen molar-refractivity contribution >= 4 is 5.91 Å². The molecule has 0 radical (unpaired) electrons. The van der Waals surface area contributed by atoms with Crippen LogP contribution in [0.4, 0.5) is 0 Å². The molecule has 1 heterocycles. The summed E-state index contributed by atoms with van der Waals surface area (Å²) in [6.45, 7) is 6.75.